The third kappa shape index (κ3) is 4.97. The second-order valence-corrected chi connectivity index (χ2v) is 4.44. The van der Waals surface area contributed by atoms with Crippen LogP contribution in [-0.2, 0) is 13.2 Å². The highest BCUT2D eigenvalue weighted by Crippen LogP contribution is 2.15. The Balaban J connectivity index is 1.86. The van der Waals surface area contributed by atoms with E-state index in [1.807, 2.05) is 54.6 Å². The van der Waals surface area contributed by atoms with Crippen LogP contribution in [-0.4, -0.2) is 13.0 Å². The maximum atomic E-state index is 12.0. The Labute approximate surface area is 117 Å². The molecule has 0 saturated carbocycles. The summed E-state index contributed by atoms with van der Waals surface area (Å²) in [6.45, 7) is 0.608. The summed E-state index contributed by atoms with van der Waals surface area (Å²) in [5, 5.41) is 2.70. The number of ether oxygens (including phenoxy) is 1. The van der Waals surface area contributed by atoms with E-state index in [4.69, 9.17) is 4.74 Å². The molecule has 0 aliphatic carbocycles. The van der Waals surface area contributed by atoms with Crippen LogP contribution < -0.4 is 10.1 Å². The number of nitrogens with one attached hydrogen (secondary N) is 1. The molecule has 0 fully saturated rings. The lowest BCUT2D eigenvalue weighted by Gasteiger charge is -2.09. The second kappa shape index (κ2) is 7.60. The van der Waals surface area contributed by atoms with Crippen LogP contribution in [0.4, 0.5) is 8.78 Å². The summed E-state index contributed by atoms with van der Waals surface area (Å²) in [4.78, 5) is 0. The van der Waals surface area contributed by atoms with Gasteiger partial charge in [0.1, 0.15) is 12.4 Å². The molecule has 0 spiro atoms. The zero-order valence-electron chi connectivity index (χ0n) is 11.1. The van der Waals surface area contributed by atoms with Gasteiger partial charge >= 0.3 is 0 Å². The van der Waals surface area contributed by atoms with Crippen LogP contribution in [0.15, 0.2) is 54.6 Å². The Morgan fingerprint density at radius 3 is 2.45 bits per heavy atom. The van der Waals surface area contributed by atoms with Crippen molar-refractivity contribution in [1.82, 2.24) is 5.32 Å². The Bertz CT molecular complexity index is 517. The standard InChI is InChI=1S/C16H17F2NO/c17-16(18)11-19-10-14-7-4-8-15(9-14)20-12-13-5-2-1-3-6-13/h1-9,16,19H,10-12H2. The number of benzene rings is 2. The number of alkyl halides is 2. The molecule has 2 rings (SSSR count). The molecular formula is C16H17F2NO. The fourth-order valence-electron chi connectivity index (χ4n) is 1.81. The molecule has 0 saturated heterocycles. The fourth-order valence-corrected chi connectivity index (χ4v) is 1.81. The highest BCUT2D eigenvalue weighted by molar-refractivity contribution is 5.29. The highest BCUT2D eigenvalue weighted by Gasteiger charge is 2.02. The lowest BCUT2D eigenvalue weighted by atomic mass is 10.2. The fraction of sp³-hybridized carbons (Fsp3) is 0.250. The number of rotatable bonds is 7. The van der Waals surface area contributed by atoms with Gasteiger partial charge in [-0.05, 0) is 23.3 Å². The third-order valence-electron chi connectivity index (χ3n) is 2.77. The summed E-state index contributed by atoms with van der Waals surface area (Å²) >= 11 is 0. The quantitative estimate of drug-likeness (QED) is 0.834. The average molecular weight is 277 g/mol. The Kier molecular flexibility index (Phi) is 5.50. The zero-order valence-corrected chi connectivity index (χ0v) is 11.1. The third-order valence-corrected chi connectivity index (χ3v) is 2.77. The van der Waals surface area contributed by atoms with Gasteiger partial charge in [-0.1, -0.05) is 42.5 Å². The first-order chi connectivity index (χ1) is 9.74. The SMILES string of the molecule is FC(F)CNCc1cccc(OCc2ccccc2)c1. The van der Waals surface area contributed by atoms with Gasteiger partial charge in [0.2, 0.25) is 0 Å². The lowest BCUT2D eigenvalue weighted by molar-refractivity contribution is 0.145. The summed E-state index contributed by atoms with van der Waals surface area (Å²) < 4.78 is 29.8. The molecule has 0 atom stereocenters. The Morgan fingerprint density at radius 2 is 1.70 bits per heavy atom. The predicted octanol–water partition coefficient (Wildman–Crippen LogP) is 3.62. The van der Waals surface area contributed by atoms with Crippen LogP contribution >= 0.6 is 0 Å². The molecule has 0 radical (unpaired) electrons. The molecule has 4 heteroatoms. The monoisotopic (exact) mass is 277 g/mol. The van der Waals surface area contributed by atoms with Crippen molar-refractivity contribution in [3.63, 3.8) is 0 Å². The van der Waals surface area contributed by atoms with Crippen molar-refractivity contribution in [1.29, 1.82) is 0 Å². The number of hydrogen-bond donors (Lipinski definition) is 1. The first kappa shape index (κ1) is 14.5. The van der Waals surface area contributed by atoms with Crippen molar-refractivity contribution in [2.75, 3.05) is 6.54 Å². The molecule has 0 heterocycles. The van der Waals surface area contributed by atoms with Gasteiger partial charge in [0.25, 0.3) is 6.43 Å². The molecule has 0 aromatic heterocycles. The van der Waals surface area contributed by atoms with E-state index in [1.165, 1.54) is 0 Å². The molecule has 0 aliphatic rings. The number of halogens is 2. The van der Waals surface area contributed by atoms with Gasteiger partial charge in [0.05, 0.1) is 6.54 Å². The summed E-state index contributed by atoms with van der Waals surface area (Å²) in [6, 6.07) is 17.3. The van der Waals surface area contributed by atoms with E-state index in [0.29, 0.717) is 13.2 Å². The van der Waals surface area contributed by atoms with E-state index in [1.54, 1.807) is 0 Å². The topological polar surface area (TPSA) is 21.3 Å². The zero-order chi connectivity index (χ0) is 14.2. The van der Waals surface area contributed by atoms with Crippen molar-refractivity contribution in [3.05, 3.63) is 65.7 Å². The predicted molar refractivity (Wildman–Crippen MR) is 74.9 cm³/mol. The van der Waals surface area contributed by atoms with Crippen LogP contribution in [0, 0.1) is 0 Å². The molecule has 0 aliphatic heterocycles. The summed E-state index contributed by atoms with van der Waals surface area (Å²) in [6.07, 6.45) is -2.33. The van der Waals surface area contributed by atoms with Crippen molar-refractivity contribution < 1.29 is 13.5 Å². The minimum atomic E-state index is -2.33. The van der Waals surface area contributed by atoms with Gasteiger partial charge in [-0.25, -0.2) is 8.78 Å². The van der Waals surface area contributed by atoms with E-state index in [0.717, 1.165) is 16.9 Å². The van der Waals surface area contributed by atoms with Crippen LogP contribution in [0.2, 0.25) is 0 Å². The molecule has 2 nitrogen and oxygen atoms in total. The molecule has 0 bridgehead atoms. The van der Waals surface area contributed by atoms with Gasteiger partial charge in [-0.3, -0.25) is 0 Å². The first-order valence-electron chi connectivity index (χ1n) is 6.48. The van der Waals surface area contributed by atoms with Gasteiger partial charge in [0, 0.05) is 6.54 Å². The largest absolute Gasteiger partial charge is 0.489 e. The molecule has 2 aromatic rings. The summed E-state index contributed by atoms with van der Waals surface area (Å²) in [7, 11) is 0. The maximum absolute atomic E-state index is 12.0. The molecule has 20 heavy (non-hydrogen) atoms. The van der Waals surface area contributed by atoms with Crippen molar-refractivity contribution in [3.8, 4) is 5.75 Å². The second-order valence-electron chi connectivity index (χ2n) is 4.44. The van der Waals surface area contributed by atoms with Gasteiger partial charge < -0.3 is 10.1 Å². The van der Waals surface area contributed by atoms with Crippen molar-refractivity contribution in [2.45, 2.75) is 19.6 Å². The van der Waals surface area contributed by atoms with Crippen molar-refractivity contribution in [2.24, 2.45) is 0 Å². The van der Waals surface area contributed by atoms with Gasteiger partial charge in [-0.2, -0.15) is 0 Å². The van der Waals surface area contributed by atoms with E-state index in [-0.39, 0.29) is 6.54 Å². The minimum Gasteiger partial charge on any atom is -0.489 e. The van der Waals surface area contributed by atoms with Crippen LogP contribution in [0.5, 0.6) is 5.75 Å². The molecule has 2 aromatic carbocycles. The van der Waals surface area contributed by atoms with E-state index in [9.17, 15) is 8.78 Å². The number of hydrogen-bond acceptors (Lipinski definition) is 2. The van der Waals surface area contributed by atoms with Gasteiger partial charge in [0.15, 0.2) is 0 Å². The van der Waals surface area contributed by atoms with Crippen molar-refractivity contribution >= 4 is 0 Å². The summed E-state index contributed by atoms with van der Waals surface area (Å²) in [5.74, 6) is 0.741. The van der Waals surface area contributed by atoms with E-state index < -0.39 is 6.43 Å². The van der Waals surface area contributed by atoms with Crippen LogP contribution in [0.25, 0.3) is 0 Å². The van der Waals surface area contributed by atoms with Gasteiger partial charge in [-0.15, -0.1) is 0 Å². The van der Waals surface area contributed by atoms with E-state index in [2.05, 4.69) is 5.32 Å². The first-order valence-corrected chi connectivity index (χ1v) is 6.48. The smallest absolute Gasteiger partial charge is 0.250 e. The molecule has 0 amide bonds. The molecular weight excluding hydrogens is 260 g/mol. The van der Waals surface area contributed by atoms with E-state index >= 15 is 0 Å². The normalized spacial score (nSPS) is 10.8. The maximum Gasteiger partial charge on any atom is 0.250 e. The Morgan fingerprint density at radius 1 is 0.950 bits per heavy atom. The minimum absolute atomic E-state index is 0.297. The summed E-state index contributed by atoms with van der Waals surface area (Å²) in [5.41, 5.74) is 2.02. The molecule has 1 N–H and O–H groups in total. The highest BCUT2D eigenvalue weighted by atomic mass is 19.3. The van der Waals surface area contributed by atoms with Crippen LogP contribution in [0.1, 0.15) is 11.1 Å². The molecule has 0 unspecified atom stereocenters. The van der Waals surface area contributed by atoms with Crippen LogP contribution in [0.3, 0.4) is 0 Å². The average Bonchev–Trinajstić information content (AvgIpc) is 2.46. The molecule has 106 valence electrons. The Hall–Kier alpha value is -1.94. The lowest BCUT2D eigenvalue weighted by Crippen LogP contribution is -2.20.